The minimum Gasteiger partial charge on any atom is -0.307 e. The Kier molecular flexibility index (Phi) is 6.68. The van der Waals surface area contributed by atoms with E-state index in [0.29, 0.717) is 16.9 Å². The molecule has 0 spiro atoms. The second-order valence-electron chi connectivity index (χ2n) is 14.6. The Balaban J connectivity index is 1.17. The third kappa shape index (κ3) is 4.55. The van der Waals surface area contributed by atoms with Crippen LogP contribution in [0.25, 0.3) is 105 Å². The minimum absolute atomic E-state index is 0.164. The molecule has 4 aromatic heterocycles. The fourth-order valence-electron chi connectivity index (χ4n) is 9.00. The molecule has 12 rings (SSSR count). The second kappa shape index (κ2) is 12.1. The molecule has 0 saturated heterocycles. The van der Waals surface area contributed by atoms with E-state index in [0.717, 1.165) is 71.6 Å². The first-order chi connectivity index (χ1) is 28.2. The van der Waals surface area contributed by atoms with Crippen molar-refractivity contribution in [3.05, 3.63) is 199 Å². The summed E-state index contributed by atoms with van der Waals surface area (Å²) >= 11 is 0. The van der Waals surface area contributed by atoms with Gasteiger partial charge in [0.1, 0.15) is 0 Å². The molecule has 6 heteroatoms. The van der Waals surface area contributed by atoms with Gasteiger partial charge in [0.05, 0.1) is 38.5 Å². The van der Waals surface area contributed by atoms with Gasteiger partial charge in [0.25, 0.3) is 5.56 Å². The zero-order chi connectivity index (χ0) is 37.6. The maximum absolute atomic E-state index is 14.6. The normalized spacial score (nSPS) is 11.9. The molecule has 12 aromatic rings. The van der Waals surface area contributed by atoms with Gasteiger partial charge in [-0.25, -0.2) is 9.97 Å². The van der Waals surface area contributed by atoms with Crippen molar-refractivity contribution >= 4 is 76.2 Å². The molecule has 0 aliphatic rings. The van der Waals surface area contributed by atoms with Crippen LogP contribution in [0.1, 0.15) is 0 Å². The SMILES string of the molecule is O=c1c2cnc(-n3c4ccccc4c4ccc5c6c7ccccc7ccc6n(-c6ccccc6)c5c43)nc2c2ccccc2n1-c1ccc(-c2ccccc2)cc1. The number of nitrogens with zero attached hydrogens (tertiary/aromatic N) is 5. The molecule has 8 aromatic carbocycles. The van der Waals surface area contributed by atoms with Crippen molar-refractivity contribution in [2.75, 3.05) is 0 Å². The number of aromatic nitrogens is 5. The maximum atomic E-state index is 14.6. The van der Waals surface area contributed by atoms with Gasteiger partial charge in [-0.1, -0.05) is 140 Å². The summed E-state index contributed by atoms with van der Waals surface area (Å²) in [6.45, 7) is 0. The largest absolute Gasteiger partial charge is 0.307 e. The summed E-state index contributed by atoms with van der Waals surface area (Å²) in [5, 5.41) is 8.29. The molecule has 57 heavy (non-hydrogen) atoms. The Morgan fingerprint density at radius 1 is 0.386 bits per heavy atom. The van der Waals surface area contributed by atoms with Crippen LogP contribution in [0.3, 0.4) is 0 Å². The molecule has 266 valence electrons. The van der Waals surface area contributed by atoms with Gasteiger partial charge >= 0.3 is 0 Å². The summed E-state index contributed by atoms with van der Waals surface area (Å²) in [5.74, 6) is 0.505. The van der Waals surface area contributed by atoms with Crippen LogP contribution in [-0.4, -0.2) is 23.7 Å². The summed E-state index contributed by atoms with van der Waals surface area (Å²) in [7, 11) is 0. The molecule has 0 aliphatic carbocycles. The molecule has 0 atom stereocenters. The molecule has 0 bridgehead atoms. The molecule has 0 aliphatic heterocycles. The summed E-state index contributed by atoms with van der Waals surface area (Å²) < 4.78 is 6.35. The number of fused-ring (bicyclic) bond motifs is 12. The second-order valence-corrected chi connectivity index (χ2v) is 14.6. The Bertz CT molecular complexity index is 3640. The summed E-state index contributed by atoms with van der Waals surface area (Å²) in [4.78, 5) is 25.0. The van der Waals surface area contributed by atoms with Gasteiger partial charge in [-0.3, -0.25) is 13.9 Å². The lowest BCUT2D eigenvalue weighted by Gasteiger charge is -2.15. The van der Waals surface area contributed by atoms with Crippen LogP contribution in [0.15, 0.2) is 193 Å². The highest BCUT2D eigenvalue weighted by Crippen LogP contribution is 2.43. The van der Waals surface area contributed by atoms with Crippen molar-refractivity contribution in [1.29, 1.82) is 0 Å². The lowest BCUT2D eigenvalue weighted by Crippen LogP contribution is -2.20. The third-order valence-electron chi connectivity index (χ3n) is 11.5. The zero-order valence-electron chi connectivity index (χ0n) is 30.5. The first-order valence-electron chi connectivity index (χ1n) is 19.1. The van der Waals surface area contributed by atoms with E-state index in [4.69, 9.17) is 9.97 Å². The average molecular weight is 730 g/mol. The van der Waals surface area contributed by atoms with Crippen LogP contribution < -0.4 is 5.56 Å². The Labute approximate surface area is 325 Å². The number of benzene rings is 8. The number of hydrogen-bond donors (Lipinski definition) is 0. The van der Waals surface area contributed by atoms with Gasteiger partial charge < -0.3 is 4.57 Å². The van der Waals surface area contributed by atoms with Crippen molar-refractivity contribution < 1.29 is 0 Å². The Morgan fingerprint density at radius 3 is 1.77 bits per heavy atom. The van der Waals surface area contributed by atoms with Crippen LogP contribution in [0.2, 0.25) is 0 Å². The molecule has 0 saturated carbocycles. The van der Waals surface area contributed by atoms with E-state index in [2.05, 4.69) is 137 Å². The van der Waals surface area contributed by atoms with E-state index in [1.807, 2.05) is 54.6 Å². The average Bonchev–Trinajstić information content (AvgIpc) is 3.81. The van der Waals surface area contributed by atoms with E-state index >= 15 is 0 Å². The number of para-hydroxylation sites is 3. The zero-order valence-corrected chi connectivity index (χ0v) is 30.5. The van der Waals surface area contributed by atoms with E-state index < -0.39 is 0 Å². The van der Waals surface area contributed by atoms with Crippen LogP contribution >= 0.6 is 0 Å². The topological polar surface area (TPSA) is 57.6 Å². The third-order valence-corrected chi connectivity index (χ3v) is 11.5. The summed E-state index contributed by atoms with van der Waals surface area (Å²) in [6.07, 6.45) is 1.71. The number of hydrogen-bond acceptors (Lipinski definition) is 3. The van der Waals surface area contributed by atoms with Crippen molar-refractivity contribution in [1.82, 2.24) is 23.7 Å². The molecular weight excluding hydrogens is 699 g/mol. The van der Waals surface area contributed by atoms with Gasteiger partial charge in [0, 0.05) is 44.5 Å². The smallest absolute Gasteiger partial charge is 0.266 e. The fourth-order valence-corrected chi connectivity index (χ4v) is 9.00. The maximum Gasteiger partial charge on any atom is 0.266 e. The van der Waals surface area contributed by atoms with E-state index in [9.17, 15) is 4.79 Å². The quantitative estimate of drug-likeness (QED) is 0.170. The number of pyridine rings is 1. The first-order valence-corrected chi connectivity index (χ1v) is 19.1. The molecule has 6 nitrogen and oxygen atoms in total. The van der Waals surface area contributed by atoms with Crippen LogP contribution in [0.4, 0.5) is 0 Å². The van der Waals surface area contributed by atoms with Crippen molar-refractivity contribution in [3.8, 4) is 28.5 Å². The minimum atomic E-state index is -0.164. The Morgan fingerprint density at radius 2 is 0.982 bits per heavy atom. The molecule has 0 fully saturated rings. The highest BCUT2D eigenvalue weighted by Gasteiger charge is 2.24. The van der Waals surface area contributed by atoms with Crippen molar-refractivity contribution in [2.45, 2.75) is 0 Å². The first kappa shape index (κ1) is 31.5. The Hall–Kier alpha value is -7.83. The number of rotatable bonds is 4. The predicted molar refractivity (Wildman–Crippen MR) is 234 cm³/mol. The van der Waals surface area contributed by atoms with Crippen LogP contribution in [-0.2, 0) is 0 Å². The highest BCUT2D eigenvalue weighted by atomic mass is 16.1. The molecule has 0 amide bonds. The van der Waals surface area contributed by atoms with Gasteiger partial charge in [-0.05, 0) is 64.4 Å². The lowest BCUT2D eigenvalue weighted by atomic mass is 10.0. The van der Waals surface area contributed by atoms with Crippen LogP contribution in [0, 0.1) is 0 Å². The van der Waals surface area contributed by atoms with Gasteiger partial charge in [0.15, 0.2) is 0 Å². The molecular formula is C51H31N5O. The van der Waals surface area contributed by atoms with Crippen molar-refractivity contribution in [2.24, 2.45) is 0 Å². The van der Waals surface area contributed by atoms with E-state index in [-0.39, 0.29) is 5.56 Å². The summed E-state index contributed by atoms with van der Waals surface area (Å²) in [6, 6.07) is 63.0. The predicted octanol–water partition coefficient (Wildman–Crippen LogP) is 11.9. The van der Waals surface area contributed by atoms with E-state index in [1.165, 1.54) is 16.2 Å². The monoisotopic (exact) mass is 729 g/mol. The van der Waals surface area contributed by atoms with E-state index in [1.54, 1.807) is 10.8 Å². The molecule has 0 N–H and O–H groups in total. The van der Waals surface area contributed by atoms with Crippen LogP contribution in [0.5, 0.6) is 0 Å². The highest BCUT2D eigenvalue weighted by molar-refractivity contribution is 6.28. The molecule has 4 heterocycles. The van der Waals surface area contributed by atoms with Gasteiger partial charge in [0.2, 0.25) is 5.95 Å². The van der Waals surface area contributed by atoms with Crippen molar-refractivity contribution in [3.63, 3.8) is 0 Å². The molecule has 0 unspecified atom stereocenters. The molecule has 0 radical (unpaired) electrons. The fraction of sp³-hybridized carbons (Fsp3) is 0. The standard InChI is InChI=1S/C51H31N5O/c57-50-42-31-52-51(53-47(42)40-20-10-12-22-44(40)55(50)36-26-23-33(24-27-36)32-13-3-1-4-14-32)56-43-21-11-9-19-38(43)39-28-29-41-46-37-18-8-7-15-34(37)25-30-45(46)54(49(41)48(39)56)35-16-5-2-6-17-35/h1-31H. The van der Waals surface area contributed by atoms with Gasteiger partial charge in [-0.15, -0.1) is 0 Å². The summed E-state index contributed by atoms with van der Waals surface area (Å²) in [5.41, 5.74) is 9.50. The van der Waals surface area contributed by atoms with Gasteiger partial charge in [-0.2, -0.15) is 0 Å². The lowest BCUT2D eigenvalue weighted by molar-refractivity contribution is 1.000.